The number of piperazine rings is 1. The summed E-state index contributed by atoms with van der Waals surface area (Å²) in [6, 6.07) is 5.34. The first kappa shape index (κ1) is 17.9. The van der Waals surface area contributed by atoms with Gasteiger partial charge in [-0.15, -0.1) is 0 Å². The standard InChI is InChI=1S/C11H16N2O2.C2HF3O2/c1-15-11-7-9(6-10(14)8-11)13-4-2-12-3-5-13;3-2(4,5)1(6)7/h6-8,12,14H,2-5H2,1H3;(H,6,7). The van der Waals surface area contributed by atoms with Gasteiger partial charge in [-0.25, -0.2) is 4.79 Å². The number of alkyl halides is 3. The number of benzene rings is 1. The van der Waals surface area contributed by atoms with Crippen molar-refractivity contribution in [3.8, 4) is 11.5 Å². The van der Waals surface area contributed by atoms with E-state index in [1.165, 1.54) is 0 Å². The SMILES string of the molecule is COc1cc(O)cc(N2CCNCC2)c1.O=C(O)C(F)(F)F. The third kappa shape index (κ3) is 5.68. The third-order valence-corrected chi connectivity index (χ3v) is 2.84. The van der Waals surface area contributed by atoms with Crippen LogP contribution in [0.2, 0.25) is 0 Å². The van der Waals surface area contributed by atoms with Crippen LogP contribution in [0.15, 0.2) is 18.2 Å². The van der Waals surface area contributed by atoms with E-state index in [0.717, 1.165) is 31.9 Å². The van der Waals surface area contributed by atoms with Crippen molar-refractivity contribution in [1.82, 2.24) is 5.32 Å². The van der Waals surface area contributed by atoms with Gasteiger partial charge in [-0.05, 0) is 0 Å². The lowest BCUT2D eigenvalue weighted by molar-refractivity contribution is -0.192. The fourth-order valence-electron chi connectivity index (χ4n) is 1.79. The van der Waals surface area contributed by atoms with Crippen molar-refractivity contribution < 1.29 is 32.9 Å². The quantitative estimate of drug-likeness (QED) is 0.764. The Labute approximate surface area is 125 Å². The number of hydrogen-bond acceptors (Lipinski definition) is 5. The van der Waals surface area contributed by atoms with Gasteiger partial charge in [0.1, 0.15) is 11.5 Å². The predicted octanol–water partition coefficient (Wildman–Crippen LogP) is 1.44. The van der Waals surface area contributed by atoms with E-state index in [9.17, 15) is 18.3 Å². The summed E-state index contributed by atoms with van der Waals surface area (Å²) in [5, 5.41) is 20.0. The van der Waals surface area contributed by atoms with E-state index in [1.807, 2.05) is 6.07 Å². The Balaban J connectivity index is 0.000000295. The molecule has 6 nitrogen and oxygen atoms in total. The average molecular weight is 322 g/mol. The van der Waals surface area contributed by atoms with Gasteiger partial charge in [0.2, 0.25) is 0 Å². The average Bonchev–Trinajstić information content (AvgIpc) is 2.47. The number of aromatic hydroxyl groups is 1. The van der Waals surface area contributed by atoms with Crippen LogP contribution in [0.5, 0.6) is 11.5 Å². The largest absolute Gasteiger partial charge is 0.508 e. The highest BCUT2D eigenvalue weighted by atomic mass is 19.4. The molecular formula is C13H17F3N2O4. The highest BCUT2D eigenvalue weighted by molar-refractivity contribution is 5.73. The first-order chi connectivity index (χ1) is 10.2. The van der Waals surface area contributed by atoms with Gasteiger partial charge in [0.15, 0.2) is 0 Å². The van der Waals surface area contributed by atoms with Crippen LogP contribution in [0.4, 0.5) is 18.9 Å². The lowest BCUT2D eigenvalue weighted by Crippen LogP contribution is -2.43. The smallest absolute Gasteiger partial charge is 0.490 e. The van der Waals surface area contributed by atoms with Gasteiger partial charge in [0, 0.05) is 50.1 Å². The summed E-state index contributed by atoms with van der Waals surface area (Å²) in [4.78, 5) is 11.1. The van der Waals surface area contributed by atoms with Crippen molar-refractivity contribution in [2.24, 2.45) is 0 Å². The van der Waals surface area contributed by atoms with Crippen LogP contribution < -0.4 is 15.0 Å². The van der Waals surface area contributed by atoms with E-state index < -0.39 is 12.1 Å². The predicted molar refractivity (Wildman–Crippen MR) is 73.4 cm³/mol. The molecule has 1 aromatic carbocycles. The van der Waals surface area contributed by atoms with Gasteiger partial charge in [-0.2, -0.15) is 13.2 Å². The van der Waals surface area contributed by atoms with E-state index in [-0.39, 0.29) is 5.75 Å². The van der Waals surface area contributed by atoms with Crippen molar-refractivity contribution in [2.75, 3.05) is 38.2 Å². The van der Waals surface area contributed by atoms with Gasteiger partial charge in [-0.1, -0.05) is 0 Å². The number of anilines is 1. The van der Waals surface area contributed by atoms with Crippen LogP contribution >= 0.6 is 0 Å². The molecule has 1 fully saturated rings. The van der Waals surface area contributed by atoms with Crippen LogP contribution in [0, 0.1) is 0 Å². The molecule has 0 amide bonds. The fourth-order valence-corrected chi connectivity index (χ4v) is 1.79. The molecule has 1 heterocycles. The molecule has 2 rings (SSSR count). The molecular weight excluding hydrogens is 305 g/mol. The fraction of sp³-hybridized carbons (Fsp3) is 0.462. The second-order valence-electron chi connectivity index (χ2n) is 4.43. The van der Waals surface area contributed by atoms with Gasteiger partial charge in [-0.3, -0.25) is 0 Å². The Kier molecular flexibility index (Phi) is 6.29. The lowest BCUT2D eigenvalue weighted by atomic mass is 10.2. The summed E-state index contributed by atoms with van der Waals surface area (Å²) in [6.45, 7) is 3.90. The number of hydrogen-bond donors (Lipinski definition) is 3. The number of carbonyl (C=O) groups is 1. The molecule has 0 unspecified atom stereocenters. The molecule has 0 aliphatic carbocycles. The van der Waals surface area contributed by atoms with Gasteiger partial charge >= 0.3 is 12.1 Å². The van der Waals surface area contributed by atoms with E-state index in [1.54, 1.807) is 19.2 Å². The maximum absolute atomic E-state index is 10.6. The molecule has 3 N–H and O–H groups in total. The van der Waals surface area contributed by atoms with Crippen molar-refractivity contribution in [2.45, 2.75) is 6.18 Å². The minimum Gasteiger partial charge on any atom is -0.508 e. The molecule has 0 bridgehead atoms. The maximum atomic E-state index is 10.6. The van der Waals surface area contributed by atoms with Gasteiger partial charge in [0.25, 0.3) is 0 Å². The summed E-state index contributed by atoms with van der Waals surface area (Å²) in [5.74, 6) is -1.81. The molecule has 0 saturated carbocycles. The Hall–Kier alpha value is -2.16. The van der Waals surface area contributed by atoms with Crippen LogP contribution in [0.3, 0.4) is 0 Å². The van der Waals surface area contributed by atoms with Crippen molar-refractivity contribution in [3.63, 3.8) is 0 Å². The number of aliphatic carboxylic acids is 1. The summed E-state index contributed by atoms with van der Waals surface area (Å²) in [6.07, 6.45) is -5.08. The second-order valence-corrected chi connectivity index (χ2v) is 4.43. The number of carboxylic acids is 1. The summed E-state index contributed by atoms with van der Waals surface area (Å²) in [7, 11) is 1.61. The van der Waals surface area contributed by atoms with E-state index in [2.05, 4.69) is 10.2 Å². The molecule has 0 atom stereocenters. The molecule has 1 aromatic rings. The van der Waals surface area contributed by atoms with Crippen molar-refractivity contribution >= 4 is 11.7 Å². The number of phenolic OH excluding ortho intramolecular Hbond substituents is 1. The van der Waals surface area contributed by atoms with Crippen LogP contribution in [-0.2, 0) is 4.79 Å². The highest BCUT2D eigenvalue weighted by Gasteiger charge is 2.38. The molecule has 124 valence electrons. The summed E-state index contributed by atoms with van der Waals surface area (Å²) in [5.41, 5.74) is 1.02. The highest BCUT2D eigenvalue weighted by Crippen LogP contribution is 2.27. The van der Waals surface area contributed by atoms with Crippen LogP contribution in [0.25, 0.3) is 0 Å². The Morgan fingerprint density at radius 1 is 1.27 bits per heavy atom. The van der Waals surface area contributed by atoms with E-state index >= 15 is 0 Å². The van der Waals surface area contributed by atoms with E-state index in [0.29, 0.717) is 5.75 Å². The number of nitrogens with zero attached hydrogens (tertiary/aromatic N) is 1. The first-order valence-electron chi connectivity index (χ1n) is 6.38. The first-order valence-corrected chi connectivity index (χ1v) is 6.38. The normalized spacial score (nSPS) is 14.8. The maximum Gasteiger partial charge on any atom is 0.490 e. The monoisotopic (exact) mass is 322 g/mol. The summed E-state index contributed by atoms with van der Waals surface area (Å²) >= 11 is 0. The van der Waals surface area contributed by atoms with Crippen molar-refractivity contribution in [1.29, 1.82) is 0 Å². The summed E-state index contributed by atoms with van der Waals surface area (Å²) < 4.78 is 36.9. The number of rotatable bonds is 2. The Bertz CT molecular complexity index is 503. The van der Waals surface area contributed by atoms with Crippen molar-refractivity contribution in [3.05, 3.63) is 18.2 Å². The number of phenols is 1. The number of halogens is 3. The Morgan fingerprint density at radius 3 is 2.27 bits per heavy atom. The second kappa shape index (κ2) is 7.74. The zero-order valence-electron chi connectivity index (χ0n) is 11.9. The molecule has 0 spiro atoms. The van der Waals surface area contributed by atoms with E-state index in [4.69, 9.17) is 14.6 Å². The zero-order chi connectivity index (χ0) is 16.8. The lowest BCUT2D eigenvalue weighted by Gasteiger charge is -2.29. The minimum absolute atomic E-state index is 0.253. The molecule has 1 saturated heterocycles. The Morgan fingerprint density at radius 2 is 1.82 bits per heavy atom. The van der Waals surface area contributed by atoms with Crippen LogP contribution in [-0.4, -0.2) is 55.6 Å². The van der Waals surface area contributed by atoms with Gasteiger partial charge in [0.05, 0.1) is 7.11 Å². The molecule has 1 aliphatic rings. The van der Waals surface area contributed by atoms with Gasteiger partial charge < -0.3 is 25.2 Å². The third-order valence-electron chi connectivity index (χ3n) is 2.84. The number of nitrogens with one attached hydrogen (secondary N) is 1. The molecule has 0 radical (unpaired) electrons. The number of ether oxygens (including phenoxy) is 1. The van der Waals surface area contributed by atoms with Crippen LogP contribution in [0.1, 0.15) is 0 Å². The topological polar surface area (TPSA) is 82.0 Å². The molecule has 9 heteroatoms. The molecule has 1 aliphatic heterocycles. The molecule has 22 heavy (non-hydrogen) atoms. The number of methoxy groups -OCH3 is 1. The molecule has 0 aromatic heterocycles. The zero-order valence-corrected chi connectivity index (χ0v) is 11.9. The minimum atomic E-state index is -5.08. The number of carboxylic acid groups (broad SMARTS) is 1.